The average molecular weight is 285 g/mol. The summed E-state index contributed by atoms with van der Waals surface area (Å²) in [5, 5.41) is 17.8. The first-order chi connectivity index (χ1) is 9.09. The van der Waals surface area contributed by atoms with Gasteiger partial charge in [-0.15, -0.1) is 10.2 Å². The van der Waals surface area contributed by atoms with E-state index in [4.69, 9.17) is 0 Å². The van der Waals surface area contributed by atoms with E-state index in [-0.39, 0.29) is 29.9 Å². The molecule has 0 amide bonds. The van der Waals surface area contributed by atoms with E-state index in [1.54, 1.807) is 0 Å². The normalized spacial score (nSPS) is 27.1. The van der Waals surface area contributed by atoms with Crippen molar-refractivity contribution < 1.29 is 13.5 Å². The number of aliphatic hydroxyl groups is 1. The second kappa shape index (κ2) is 4.86. The maximum absolute atomic E-state index is 11.5. The molecule has 3 heterocycles. The van der Waals surface area contributed by atoms with Gasteiger partial charge >= 0.3 is 0 Å². The third kappa shape index (κ3) is 2.53. The molecule has 1 aromatic rings. The zero-order chi connectivity index (χ0) is 13.5. The van der Waals surface area contributed by atoms with Crippen LogP contribution in [0, 0.1) is 5.92 Å². The second-order valence-electron chi connectivity index (χ2n) is 5.60. The SMILES string of the molecule is O=S1(=O)CCC(c2nnc3n2CC(CO)CC3)CC1. The van der Waals surface area contributed by atoms with Crippen molar-refractivity contribution in [2.45, 2.75) is 38.1 Å². The third-order valence-electron chi connectivity index (χ3n) is 4.25. The van der Waals surface area contributed by atoms with Gasteiger partial charge in [0, 0.05) is 31.4 Å². The van der Waals surface area contributed by atoms with Crippen LogP contribution in [0.2, 0.25) is 0 Å². The van der Waals surface area contributed by atoms with Crippen molar-refractivity contribution in [3.05, 3.63) is 11.6 Å². The number of hydrogen-bond donors (Lipinski definition) is 1. The molecule has 1 unspecified atom stereocenters. The van der Waals surface area contributed by atoms with Gasteiger partial charge in [0.05, 0.1) is 11.5 Å². The Hall–Kier alpha value is -0.950. The van der Waals surface area contributed by atoms with Gasteiger partial charge in [-0.3, -0.25) is 0 Å². The maximum atomic E-state index is 11.5. The molecule has 19 heavy (non-hydrogen) atoms. The minimum Gasteiger partial charge on any atom is -0.396 e. The van der Waals surface area contributed by atoms with Crippen LogP contribution in [-0.2, 0) is 22.8 Å². The predicted molar refractivity (Wildman–Crippen MR) is 69.5 cm³/mol. The minimum absolute atomic E-state index is 0.191. The van der Waals surface area contributed by atoms with E-state index in [9.17, 15) is 13.5 Å². The van der Waals surface area contributed by atoms with E-state index in [1.807, 2.05) is 0 Å². The van der Waals surface area contributed by atoms with Crippen LogP contribution in [0.4, 0.5) is 0 Å². The van der Waals surface area contributed by atoms with Crippen LogP contribution in [0.15, 0.2) is 0 Å². The van der Waals surface area contributed by atoms with E-state index in [1.165, 1.54) is 0 Å². The number of rotatable bonds is 2. The van der Waals surface area contributed by atoms with Crippen LogP contribution in [0.3, 0.4) is 0 Å². The Kier molecular flexibility index (Phi) is 3.34. The number of fused-ring (bicyclic) bond motifs is 1. The first kappa shape index (κ1) is 13.1. The molecule has 0 bridgehead atoms. The van der Waals surface area contributed by atoms with Crippen molar-refractivity contribution in [1.29, 1.82) is 0 Å². The van der Waals surface area contributed by atoms with Crippen LogP contribution >= 0.6 is 0 Å². The van der Waals surface area contributed by atoms with Gasteiger partial charge in [0.25, 0.3) is 0 Å². The van der Waals surface area contributed by atoms with E-state index in [2.05, 4.69) is 14.8 Å². The molecule has 0 radical (unpaired) electrons. The lowest BCUT2D eigenvalue weighted by molar-refractivity contribution is 0.188. The molecule has 1 aromatic heterocycles. The Bertz CT molecular complexity index is 553. The Morgan fingerprint density at radius 3 is 2.63 bits per heavy atom. The summed E-state index contributed by atoms with van der Waals surface area (Å²) >= 11 is 0. The van der Waals surface area contributed by atoms with Crippen molar-refractivity contribution in [3.8, 4) is 0 Å². The molecular formula is C12H19N3O3S. The fourth-order valence-electron chi connectivity index (χ4n) is 3.02. The molecule has 6 nitrogen and oxygen atoms in total. The quantitative estimate of drug-likeness (QED) is 0.834. The van der Waals surface area contributed by atoms with Crippen LogP contribution in [0.5, 0.6) is 0 Å². The molecular weight excluding hydrogens is 266 g/mol. The molecule has 7 heteroatoms. The largest absolute Gasteiger partial charge is 0.396 e. The molecule has 1 atom stereocenters. The number of hydrogen-bond acceptors (Lipinski definition) is 5. The fraction of sp³-hybridized carbons (Fsp3) is 0.833. The summed E-state index contributed by atoms with van der Waals surface area (Å²) in [6.45, 7) is 0.952. The summed E-state index contributed by atoms with van der Waals surface area (Å²) in [6, 6.07) is 0. The van der Waals surface area contributed by atoms with Gasteiger partial charge in [-0.25, -0.2) is 8.42 Å². The predicted octanol–water partition coefficient (Wildman–Crippen LogP) is 0.125. The average Bonchev–Trinajstić information content (AvgIpc) is 2.81. The molecule has 3 rings (SSSR count). The van der Waals surface area contributed by atoms with Gasteiger partial charge < -0.3 is 9.67 Å². The number of sulfone groups is 1. The zero-order valence-corrected chi connectivity index (χ0v) is 11.6. The molecule has 1 saturated heterocycles. The van der Waals surface area contributed by atoms with Crippen molar-refractivity contribution in [2.75, 3.05) is 18.1 Å². The lowest BCUT2D eigenvalue weighted by Crippen LogP contribution is -2.28. The Balaban J connectivity index is 1.81. The smallest absolute Gasteiger partial charge is 0.150 e. The highest BCUT2D eigenvalue weighted by molar-refractivity contribution is 7.91. The van der Waals surface area contributed by atoms with Gasteiger partial charge in [-0.05, 0) is 19.3 Å². The molecule has 0 saturated carbocycles. The summed E-state index contributed by atoms with van der Waals surface area (Å²) in [6.07, 6.45) is 3.09. The highest BCUT2D eigenvalue weighted by Crippen LogP contribution is 2.30. The van der Waals surface area contributed by atoms with E-state index < -0.39 is 9.84 Å². The second-order valence-corrected chi connectivity index (χ2v) is 7.90. The van der Waals surface area contributed by atoms with E-state index >= 15 is 0 Å². The highest BCUT2D eigenvalue weighted by Gasteiger charge is 2.31. The fourth-order valence-corrected chi connectivity index (χ4v) is 4.51. The topological polar surface area (TPSA) is 85.1 Å². The molecule has 2 aliphatic heterocycles. The summed E-state index contributed by atoms with van der Waals surface area (Å²) in [7, 11) is -2.84. The van der Waals surface area contributed by atoms with Crippen LogP contribution in [0.25, 0.3) is 0 Å². The number of aliphatic hydroxyl groups excluding tert-OH is 1. The highest BCUT2D eigenvalue weighted by atomic mass is 32.2. The number of aromatic nitrogens is 3. The lowest BCUT2D eigenvalue weighted by atomic mass is 9.98. The molecule has 0 aromatic carbocycles. The van der Waals surface area contributed by atoms with E-state index in [0.717, 1.165) is 31.0 Å². The van der Waals surface area contributed by atoms with Gasteiger partial charge in [0.2, 0.25) is 0 Å². The Labute approximate surface area is 112 Å². The molecule has 0 spiro atoms. The summed E-state index contributed by atoms with van der Waals surface area (Å²) in [5.74, 6) is 2.88. The van der Waals surface area contributed by atoms with Gasteiger partial charge in [-0.1, -0.05) is 0 Å². The Morgan fingerprint density at radius 2 is 1.95 bits per heavy atom. The van der Waals surface area contributed by atoms with Crippen molar-refractivity contribution >= 4 is 9.84 Å². The van der Waals surface area contributed by atoms with Gasteiger partial charge in [0.1, 0.15) is 21.5 Å². The van der Waals surface area contributed by atoms with Gasteiger partial charge in [0.15, 0.2) is 0 Å². The van der Waals surface area contributed by atoms with Crippen molar-refractivity contribution in [3.63, 3.8) is 0 Å². The lowest BCUT2D eigenvalue weighted by Gasteiger charge is -2.26. The maximum Gasteiger partial charge on any atom is 0.150 e. The molecule has 106 valence electrons. The first-order valence-electron chi connectivity index (χ1n) is 6.82. The molecule has 0 aliphatic carbocycles. The Morgan fingerprint density at radius 1 is 1.21 bits per heavy atom. The van der Waals surface area contributed by atoms with Crippen molar-refractivity contribution in [2.24, 2.45) is 5.92 Å². The minimum atomic E-state index is -2.84. The van der Waals surface area contributed by atoms with Crippen LogP contribution < -0.4 is 0 Å². The molecule has 1 N–H and O–H groups in total. The van der Waals surface area contributed by atoms with Crippen LogP contribution in [-0.4, -0.2) is 46.4 Å². The van der Waals surface area contributed by atoms with Crippen molar-refractivity contribution in [1.82, 2.24) is 14.8 Å². The molecule has 2 aliphatic rings. The monoisotopic (exact) mass is 285 g/mol. The van der Waals surface area contributed by atoms with E-state index in [0.29, 0.717) is 12.8 Å². The first-order valence-corrected chi connectivity index (χ1v) is 8.64. The number of nitrogens with zero attached hydrogens (tertiary/aromatic N) is 3. The molecule has 1 fully saturated rings. The van der Waals surface area contributed by atoms with Crippen LogP contribution in [0.1, 0.15) is 36.8 Å². The summed E-state index contributed by atoms with van der Waals surface area (Å²) in [5.41, 5.74) is 0. The summed E-state index contributed by atoms with van der Waals surface area (Å²) < 4.78 is 25.1. The third-order valence-corrected chi connectivity index (χ3v) is 5.97. The van der Waals surface area contributed by atoms with Gasteiger partial charge in [-0.2, -0.15) is 0 Å². The summed E-state index contributed by atoms with van der Waals surface area (Å²) in [4.78, 5) is 0. The zero-order valence-electron chi connectivity index (χ0n) is 10.8. The number of aryl methyl sites for hydroxylation is 1. The standard InChI is InChI=1S/C12H19N3O3S/c16-8-9-1-2-11-13-14-12(15(11)7-9)10-3-5-19(17,18)6-4-10/h9-10,16H,1-8H2.